The third-order valence-corrected chi connectivity index (χ3v) is 5.59. The number of nitrogens with zero attached hydrogens (tertiary/aromatic N) is 4. The number of pyridine rings is 2. The smallest absolute Gasteiger partial charge is 0.367 e. The topological polar surface area (TPSA) is 32.3 Å². The van der Waals surface area contributed by atoms with E-state index in [1.165, 1.54) is 22.9 Å². The number of anilines is 2. The Bertz CT molecular complexity index is 969. The molecule has 4 nitrogen and oxygen atoms in total. The van der Waals surface area contributed by atoms with Crippen molar-refractivity contribution in [2.45, 2.75) is 26.4 Å². The van der Waals surface area contributed by atoms with Crippen LogP contribution in [0.5, 0.6) is 0 Å². The van der Waals surface area contributed by atoms with Gasteiger partial charge in [0.1, 0.15) is 5.82 Å². The Morgan fingerprint density at radius 1 is 1.03 bits per heavy atom. The summed E-state index contributed by atoms with van der Waals surface area (Å²) in [5.74, 6) is 0.581. The largest absolute Gasteiger partial charge is 0.417 e. The van der Waals surface area contributed by atoms with Crippen LogP contribution in [0.4, 0.5) is 24.7 Å². The molecule has 4 rings (SSSR count). The van der Waals surface area contributed by atoms with Crippen LogP contribution in [0.1, 0.15) is 36.2 Å². The molecule has 2 aromatic rings. The van der Waals surface area contributed by atoms with Crippen LogP contribution in [0.25, 0.3) is 11.1 Å². The molecule has 7 heteroatoms. The van der Waals surface area contributed by atoms with Crippen molar-refractivity contribution in [3.05, 3.63) is 59.6 Å². The van der Waals surface area contributed by atoms with Crippen molar-refractivity contribution in [1.29, 1.82) is 0 Å². The van der Waals surface area contributed by atoms with Crippen molar-refractivity contribution in [3.63, 3.8) is 0 Å². The van der Waals surface area contributed by atoms with Gasteiger partial charge in [-0.3, -0.25) is 4.98 Å². The molecular weight excluding hydrogens is 377 g/mol. The van der Waals surface area contributed by atoms with Crippen LogP contribution in [0.2, 0.25) is 0 Å². The van der Waals surface area contributed by atoms with Crippen LogP contribution in [0, 0.1) is 0 Å². The standard InChI is InChI=1S/C22H23F3N4/c1-4-16-12-27-20-15(3)11-14(2)19(20)21(16)29-9-7-28(8-10-29)18-6-5-17(13-26-18)22(23,24)25/h5-6,11-13H,3-4,7-10H2,1-2H3. The van der Waals surface area contributed by atoms with Gasteiger partial charge in [0.05, 0.1) is 16.9 Å². The van der Waals surface area contributed by atoms with E-state index in [0.717, 1.165) is 48.6 Å². The number of alkyl halides is 3. The number of halogens is 3. The zero-order chi connectivity index (χ0) is 20.8. The lowest BCUT2D eigenvalue weighted by Crippen LogP contribution is -2.47. The highest BCUT2D eigenvalue weighted by Crippen LogP contribution is 2.41. The number of hydrogen-bond acceptors (Lipinski definition) is 4. The number of fused-ring (bicyclic) bond motifs is 1. The molecule has 2 aliphatic rings. The van der Waals surface area contributed by atoms with E-state index in [2.05, 4.69) is 41.4 Å². The van der Waals surface area contributed by atoms with E-state index in [1.807, 2.05) is 11.1 Å². The Morgan fingerprint density at radius 2 is 1.72 bits per heavy atom. The molecule has 0 saturated carbocycles. The van der Waals surface area contributed by atoms with E-state index in [-0.39, 0.29) is 0 Å². The second-order valence-corrected chi connectivity index (χ2v) is 7.44. The minimum Gasteiger partial charge on any atom is -0.367 e. The number of aromatic nitrogens is 2. The van der Waals surface area contributed by atoms with Crippen LogP contribution < -0.4 is 9.80 Å². The molecule has 0 spiro atoms. The highest BCUT2D eigenvalue weighted by atomic mass is 19.4. The van der Waals surface area contributed by atoms with Crippen molar-refractivity contribution in [2.24, 2.45) is 0 Å². The van der Waals surface area contributed by atoms with Crippen molar-refractivity contribution in [3.8, 4) is 0 Å². The summed E-state index contributed by atoms with van der Waals surface area (Å²) in [6.07, 6.45) is 1.44. The number of hydrogen-bond donors (Lipinski definition) is 0. The predicted octanol–water partition coefficient (Wildman–Crippen LogP) is 4.81. The first kappa shape index (κ1) is 19.5. The van der Waals surface area contributed by atoms with Crippen molar-refractivity contribution < 1.29 is 13.2 Å². The highest BCUT2D eigenvalue weighted by molar-refractivity contribution is 5.97. The zero-order valence-electron chi connectivity index (χ0n) is 16.6. The van der Waals surface area contributed by atoms with Gasteiger partial charge in [0.2, 0.25) is 0 Å². The van der Waals surface area contributed by atoms with Crippen LogP contribution in [-0.2, 0) is 12.6 Å². The van der Waals surface area contributed by atoms with Crippen LogP contribution >= 0.6 is 0 Å². The van der Waals surface area contributed by atoms with E-state index >= 15 is 0 Å². The molecule has 0 radical (unpaired) electrons. The number of allylic oxidation sites excluding steroid dienone is 3. The lowest BCUT2D eigenvalue weighted by Gasteiger charge is -2.38. The average molecular weight is 400 g/mol. The molecule has 0 N–H and O–H groups in total. The van der Waals surface area contributed by atoms with Crippen LogP contribution in [0.3, 0.4) is 0 Å². The Labute approximate surface area is 168 Å². The maximum atomic E-state index is 12.8. The number of aryl methyl sites for hydroxylation is 1. The lowest BCUT2D eigenvalue weighted by molar-refractivity contribution is -0.137. The average Bonchev–Trinajstić information content (AvgIpc) is 3.00. The Hall–Kier alpha value is -2.83. The zero-order valence-corrected chi connectivity index (χ0v) is 16.6. The summed E-state index contributed by atoms with van der Waals surface area (Å²) >= 11 is 0. The Morgan fingerprint density at radius 3 is 2.31 bits per heavy atom. The van der Waals surface area contributed by atoms with Crippen molar-refractivity contribution in [2.75, 3.05) is 36.0 Å². The summed E-state index contributed by atoms with van der Waals surface area (Å²) in [6.45, 7) is 11.3. The molecule has 152 valence electrons. The monoisotopic (exact) mass is 400 g/mol. The van der Waals surface area contributed by atoms with Gasteiger partial charge in [-0.1, -0.05) is 13.5 Å². The highest BCUT2D eigenvalue weighted by Gasteiger charge is 2.31. The van der Waals surface area contributed by atoms with Gasteiger partial charge in [0, 0.05) is 44.1 Å². The first-order chi connectivity index (χ1) is 13.8. The fourth-order valence-electron chi connectivity index (χ4n) is 4.08. The van der Waals surface area contributed by atoms with Crippen LogP contribution in [-0.4, -0.2) is 36.1 Å². The summed E-state index contributed by atoms with van der Waals surface area (Å²) in [5.41, 5.74) is 5.92. The molecule has 1 fully saturated rings. The van der Waals surface area contributed by atoms with E-state index in [9.17, 15) is 13.2 Å². The van der Waals surface area contributed by atoms with E-state index in [1.54, 1.807) is 0 Å². The van der Waals surface area contributed by atoms with E-state index in [4.69, 9.17) is 0 Å². The van der Waals surface area contributed by atoms with Gasteiger partial charge in [-0.25, -0.2) is 4.98 Å². The molecule has 1 aliphatic heterocycles. The molecule has 3 heterocycles. The van der Waals surface area contributed by atoms with Crippen molar-refractivity contribution >= 4 is 22.7 Å². The van der Waals surface area contributed by atoms with Gasteiger partial charge >= 0.3 is 6.18 Å². The van der Waals surface area contributed by atoms with Crippen LogP contribution in [0.15, 0.2) is 37.2 Å². The van der Waals surface area contributed by atoms with Crippen molar-refractivity contribution in [1.82, 2.24) is 9.97 Å². The SMILES string of the molecule is C=C1C=C(C)c2c1ncc(CC)c2N1CCN(c2ccc(C(F)(F)F)cn2)CC1. The normalized spacial score (nSPS) is 16.9. The maximum Gasteiger partial charge on any atom is 0.417 e. The van der Waals surface area contributed by atoms with Gasteiger partial charge in [-0.05, 0) is 48.3 Å². The third-order valence-electron chi connectivity index (χ3n) is 5.59. The summed E-state index contributed by atoms with van der Waals surface area (Å²) < 4.78 is 38.3. The van der Waals surface area contributed by atoms with Gasteiger partial charge in [-0.15, -0.1) is 0 Å². The molecule has 0 aromatic carbocycles. The number of piperazine rings is 1. The van der Waals surface area contributed by atoms with E-state index in [0.29, 0.717) is 18.9 Å². The second kappa shape index (κ2) is 7.21. The summed E-state index contributed by atoms with van der Waals surface area (Å²) in [7, 11) is 0. The van der Waals surface area contributed by atoms with Gasteiger partial charge in [0.25, 0.3) is 0 Å². The molecule has 29 heavy (non-hydrogen) atoms. The second-order valence-electron chi connectivity index (χ2n) is 7.44. The maximum absolute atomic E-state index is 12.8. The fourth-order valence-corrected chi connectivity index (χ4v) is 4.08. The molecule has 0 bridgehead atoms. The number of rotatable bonds is 3. The Balaban J connectivity index is 1.55. The molecule has 2 aromatic heterocycles. The fraction of sp³-hybridized carbons (Fsp3) is 0.364. The first-order valence-corrected chi connectivity index (χ1v) is 9.72. The molecule has 1 saturated heterocycles. The van der Waals surface area contributed by atoms with Gasteiger partial charge < -0.3 is 9.80 Å². The van der Waals surface area contributed by atoms with Gasteiger partial charge in [0.15, 0.2) is 0 Å². The molecule has 0 atom stereocenters. The molecular formula is C22H23F3N4. The van der Waals surface area contributed by atoms with E-state index < -0.39 is 11.7 Å². The lowest BCUT2D eigenvalue weighted by atomic mass is 10.0. The minimum atomic E-state index is -4.36. The third kappa shape index (κ3) is 3.50. The first-order valence-electron chi connectivity index (χ1n) is 9.72. The molecule has 0 unspecified atom stereocenters. The molecule has 1 aliphatic carbocycles. The predicted molar refractivity (Wildman–Crippen MR) is 110 cm³/mol. The molecule has 0 amide bonds. The summed E-state index contributed by atoms with van der Waals surface area (Å²) in [6, 6.07) is 2.55. The quantitative estimate of drug-likeness (QED) is 0.740. The summed E-state index contributed by atoms with van der Waals surface area (Å²) in [4.78, 5) is 13.0. The van der Waals surface area contributed by atoms with Gasteiger partial charge in [-0.2, -0.15) is 13.2 Å². The minimum absolute atomic E-state index is 0.581. The summed E-state index contributed by atoms with van der Waals surface area (Å²) in [5, 5.41) is 0. The Kier molecular flexibility index (Phi) is 4.84.